The smallest absolute Gasteiger partial charge is 0.244 e. The second kappa shape index (κ2) is 6.91. The highest BCUT2D eigenvalue weighted by molar-refractivity contribution is 7.89. The Hall–Kier alpha value is -1.92. The fourth-order valence-corrected chi connectivity index (χ4v) is 4.48. The highest BCUT2D eigenvalue weighted by Crippen LogP contribution is 2.23. The maximum absolute atomic E-state index is 12.7. The van der Waals surface area contributed by atoms with Crippen molar-refractivity contribution in [1.82, 2.24) is 9.29 Å². The minimum absolute atomic E-state index is 0.118. The Morgan fingerprint density at radius 2 is 2.04 bits per heavy atom. The Labute approximate surface area is 143 Å². The summed E-state index contributed by atoms with van der Waals surface area (Å²) >= 11 is 0. The van der Waals surface area contributed by atoms with Crippen LogP contribution in [0.25, 0.3) is 0 Å². The topological polar surface area (TPSA) is 62.3 Å². The van der Waals surface area contributed by atoms with Crippen LogP contribution in [0.1, 0.15) is 24.0 Å². The van der Waals surface area contributed by atoms with Crippen LogP contribution in [0.3, 0.4) is 0 Å². The van der Waals surface area contributed by atoms with Gasteiger partial charge < -0.3 is 5.32 Å². The minimum atomic E-state index is -3.47. The number of pyridine rings is 1. The van der Waals surface area contributed by atoms with Crippen molar-refractivity contribution in [3.8, 4) is 0 Å². The third-order valence-corrected chi connectivity index (χ3v) is 6.38. The maximum Gasteiger partial charge on any atom is 0.244 e. The van der Waals surface area contributed by atoms with Gasteiger partial charge in [-0.05, 0) is 62.1 Å². The van der Waals surface area contributed by atoms with E-state index in [1.807, 2.05) is 0 Å². The molecule has 1 saturated heterocycles. The van der Waals surface area contributed by atoms with Crippen molar-refractivity contribution < 1.29 is 8.42 Å². The zero-order chi connectivity index (χ0) is 17.2. The summed E-state index contributed by atoms with van der Waals surface area (Å²) in [5.41, 5.74) is 3.53. The van der Waals surface area contributed by atoms with E-state index in [0.717, 1.165) is 18.5 Å². The lowest BCUT2D eigenvalue weighted by atomic mass is 10.1. The molecule has 1 atom stereocenters. The van der Waals surface area contributed by atoms with Gasteiger partial charge in [-0.2, -0.15) is 4.31 Å². The second-order valence-electron chi connectivity index (χ2n) is 6.33. The molecule has 5 nitrogen and oxygen atoms in total. The van der Waals surface area contributed by atoms with Crippen molar-refractivity contribution in [2.45, 2.75) is 37.6 Å². The Balaban J connectivity index is 1.73. The fourth-order valence-electron chi connectivity index (χ4n) is 2.99. The van der Waals surface area contributed by atoms with E-state index in [0.29, 0.717) is 13.1 Å². The molecule has 0 bridgehead atoms. The van der Waals surface area contributed by atoms with E-state index in [9.17, 15) is 8.42 Å². The maximum atomic E-state index is 12.7. The van der Waals surface area contributed by atoms with Gasteiger partial charge in [-0.15, -0.1) is 0 Å². The molecule has 1 aliphatic rings. The molecular formula is C18H23N3O2S. The van der Waals surface area contributed by atoms with Gasteiger partial charge in [-0.3, -0.25) is 4.98 Å². The fraction of sp³-hybridized carbons (Fsp3) is 0.389. The van der Waals surface area contributed by atoms with Gasteiger partial charge >= 0.3 is 0 Å². The highest BCUT2D eigenvalue weighted by atomic mass is 32.2. The molecule has 0 amide bonds. The molecule has 24 heavy (non-hydrogen) atoms. The van der Waals surface area contributed by atoms with Crippen LogP contribution in [0.4, 0.5) is 5.69 Å². The Kier molecular flexibility index (Phi) is 4.87. The molecule has 1 N–H and O–H groups in total. The van der Waals surface area contributed by atoms with E-state index >= 15 is 0 Å². The molecule has 6 heteroatoms. The lowest BCUT2D eigenvalue weighted by Gasteiger charge is -2.33. The first kappa shape index (κ1) is 16.9. The summed E-state index contributed by atoms with van der Waals surface area (Å²) in [6.45, 7) is 5.20. The number of piperidine rings is 1. The zero-order valence-electron chi connectivity index (χ0n) is 14.1. The number of hydrogen-bond donors (Lipinski definition) is 1. The summed E-state index contributed by atoms with van der Waals surface area (Å²) in [7, 11) is -3.47. The zero-order valence-corrected chi connectivity index (χ0v) is 14.9. The summed E-state index contributed by atoms with van der Waals surface area (Å²) in [6, 6.07) is 9.63. The summed E-state index contributed by atoms with van der Waals surface area (Å²) in [4.78, 5) is 4.19. The lowest BCUT2D eigenvalue weighted by molar-refractivity contribution is 0.327. The number of benzene rings is 1. The predicted octanol–water partition coefficient (Wildman–Crippen LogP) is 2.96. The van der Waals surface area contributed by atoms with Crippen LogP contribution < -0.4 is 5.32 Å². The van der Waals surface area contributed by atoms with Gasteiger partial charge in [0, 0.05) is 37.2 Å². The van der Waals surface area contributed by atoms with Gasteiger partial charge in [0.25, 0.3) is 0 Å². The molecule has 1 aliphatic heterocycles. The Morgan fingerprint density at radius 3 is 2.75 bits per heavy atom. The van der Waals surface area contributed by atoms with Crippen molar-refractivity contribution in [1.29, 1.82) is 0 Å². The summed E-state index contributed by atoms with van der Waals surface area (Å²) in [5.74, 6) is 0. The van der Waals surface area contributed by atoms with E-state index < -0.39 is 10.0 Å². The number of hydrogen-bond acceptors (Lipinski definition) is 4. The van der Waals surface area contributed by atoms with Crippen LogP contribution in [-0.2, 0) is 10.0 Å². The molecule has 3 rings (SSSR count). The number of sulfonamides is 1. The minimum Gasteiger partial charge on any atom is -0.381 e. The van der Waals surface area contributed by atoms with Gasteiger partial charge in [0.2, 0.25) is 10.0 Å². The van der Waals surface area contributed by atoms with Crippen LogP contribution in [-0.4, -0.2) is 36.8 Å². The summed E-state index contributed by atoms with van der Waals surface area (Å²) < 4.78 is 27.0. The molecule has 1 aromatic carbocycles. The molecule has 2 aromatic rings. The van der Waals surface area contributed by atoms with E-state index in [1.165, 1.54) is 17.3 Å². The van der Waals surface area contributed by atoms with Crippen LogP contribution in [0.5, 0.6) is 0 Å². The molecule has 0 radical (unpaired) electrons. The SMILES string of the molecule is Cc1ccc(NC2CCCN(S(=O)(=O)c3cccnc3)C2)cc1C. The van der Waals surface area contributed by atoms with Gasteiger partial charge in [0.15, 0.2) is 0 Å². The number of aromatic nitrogens is 1. The van der Waals surface area contributed by atoms with Gasteiger partial charge in [0.05, 0.1) is 0 Å². The Morgan fingerprint density at radius 1 is 1.21 bits per heavy atom. The molecule has 0 spiro atoms. The normalized spacial score (nSPS) is 19.2. The number of nitrogens with one attached hydrogen (secondary N) is 1. The van der Waals surface area contributed by atoms with E-state index in [2.05, 4.69) is 42.3 Å². The quantitative estimate of drug-likeness (QED) is 0.925. The van der Waals surface area contributed by atoms with Crippen LogP contribution in [0.2, 0.25) is 0 Å². The lowest BCUT2D eigenvalue weighted by Crippen LogP contribution is -2.45. The number of anilines is 1. The van der Waals surface area contributed by atoms with Crippen molar-refractivity contribution in [3.63, 3.8) is 0 Å². The average Bonchev–Trinajstić information content (AvgIpc) is 2.59. The third-order valence-electron chi connectivity index (χ3n) is 4.53. The molecule has 0 saturated carbocycles. The van der Waals surface area contributed by atoms with Crippen molar-refractivity contribution >= 4 is 15.7 Å². The number of nitrogens with zero attached hydrogens (tertiary/aromatic N) is 2. The second-order valence-corrected chi connectivity index (χ2v) is 8.27. The molecule has 1 aromatic heterocycles. The standard InChI is InChI=1S/C18H23N3O2S/c1-14-7-8-16(11-15(14)2)20-17-5-4-10-21(13-17)24(22,23)18-6-3-9-19-12-18/h3,6-9,11-12,17,20H,4-5,10,13H2,1-2H3. The molecule has 2 heterocycles. The monoisotopic (exact) mass is 345 g/mol. The molecule has 1 fully saturated rings. The van der Waals surface area contributed by atoms with E-state index in [-0.39, 0.29) is 10.9 Å². The van der Waals surface area contributed by atoms with Gasteiger partial charge in [-0.25, -0.2) is 8.42 Å². The van der Waals surface area contributed by atoms with Crippen molar-refractivity contribution in [2.24, 2.45) is 0 Å². The molecular weight excluding hydrogens is 322 g/mol. The number of rotatable bonds is 4. The molecule has 0 aliphatic carbocycles. The first-order valence-corrected chi connectivity index (χ1v) is 9.65. The van der Waals surface area contributed by atoms with Gasteiger partial charge in [0.1, 0.15) is 4.90 Å². The van der Waals surface area contributed by atoms with E-state index in [4.69, 9.17) is 0 Å². The van der Waals surface area contributed by atoms with Crippen LogP contribution in [0, 0.1) is 13.8 Å². The average molecular weight is 345 g/mol. The predicted molar refractivity (Wildman–Crippen MR) is 95.6 cm³/mol. The number of aryl methyl sites for hydroxylation is 2. The third kappa shape index (κ3) is 3.60. The highest BCUT2D eigenvalue weighted by Gasteiger charge is 2.30. The Bertz CT molecular complexity index is 806. The van der Waals surface area contributed by atoms with E-state index in [1.54, 1.807) is 22.6 Å². The first-order valence-electron chi connectivity index (χ1n) is 8.21. The summed E-state index contributed by atoms with van der Waals surface area (Å²) in [6.07, 6.45) is 4.81. The first-order chi connectivity index (χ1) is 11.5. The van der Waals surface area contributed by atoms with Crippen LogP contribution >= 0.6 is 0 Å². The van der Waals surface area contributed by atoms with Crippen LogP contribution in [0.15, 0.2) is 47.6 Å². The summed E-state index contributed by atoms with van der Waals surface area (Å²) in [5, 5.41) is 3.48. The largest absolute Gasteiger partial charge is 0.381 e. The molecule has 1 unspecified atom stereocenters. The van der Waals surface area contributed by atoms with Crippen molar-refractivity contribution in [3.05, 3.63) is 53.9 Å². The molecule has 128 valence electrons. The van der Waals surface area contributed by atoms with Gasteiger partial charge in [-0.1, -0.05) is 6.07 Å². The van der Waals surface area contributed by atoms with Crippen molar-refractivity contribution in [2.75, 3.05) is 18.4 Å².